The highest BCUT2D eigenvalue weighted by Crippen LogP contribution is 2.29. The molecule has 0 bridgehead atoms. The van der Waals surface area contributed by atoms with E-state index in [4.69, 9.17) is 9.47 Å². The monoisotopic (exact) mass is 388 g/mol. The molecule has 1 fully saturated rings. The largest absolute Gasteiger partial charge is 0.439 e. The van der Waals surface area contributed by atoms with E-state index in [1.165, 1.54) is 5.56 Å². The summed E-state index contributed by atoms with van der Waals surface area (Å²) in [4.78, 5) is 6.78. The number of para-hydroxylation sites is 1. The van der Waals surface area contributed by atoms with Gasteiger partial charge in [-0.1, -0.05) is 48.0 Å². The van der Waals surface area contributed by atoms with E-state index in [2.05, 4.69) is 39.2 Å². The molecule has 0 radical (unpaired) electrons. The summed E-state index contributed by atoms with van der Waals surface area (Å²) >= 11 is 0. The van der Waals surface area contributed by atoms with Crippen LogP contribution in [-0.2, 0) is 11.3 Å². The molecule has 1 saturated heterocycles. The zero-order valence-corrected chi connectivity index (χ0v) is 16.5. The average molecular weight is 388 g/mol. The van der Waals surface area contributed by atoms with Crippen LogP contribution in [0.5, 0.6) is 11.6 Å². The van der Waals surface area contributed by atoms with Crippen molar-refractivity contribution >= 4 is 11.5 Å². The summed E-state index contributed by atoms with van der Waals surface area (Å²) in [5, 5.41) is 8.72. The highest BCUT2D eigenvalue weighted by molar-refractivity contribution is 5.55. The van der Waals surface area contributed by atoms with Gasteiger partial charge in [0.15, 0.2) is 5.82 Å². The number of rotatable bonds is 6. The maximum Gasteiger partial charge on any atom is 0.223 e. The van der Waals surface area contributed by atoms with Crippen LogP contribution in [0.2, 0.25) is 0 Å². The summed E-state index contributed by atoms with van der Waals surface area (Å²) in [5.41, 5.74) is 3.35. The fourth-order valence-corrected chi connectivity index (χ4v) is 3.19. The van der Waals surface area contributed by atoms with Crippen molar-refractivity contribution < 1.29 is 9.47 Å². The lowest BCUT2D eigenvalue weighted by Gasteiger charge is -2.29. The molecule has 0 spiro atoms. The summed E-state index contributed by atoms with van der Waals surface area (Å²) in [7, 11) is 0. The Balaban J connectivity index is 1.57. The van der Waals surface area contributed by atoms with Gasteiger partial charge in [-0.3, -0.25) is 0 Å². The summed E-state index contributed by atoms with van der Waals surface area (Å²) in [5.74, 6) is 1.78. The molecule has 6 heteroatoms. The highest BCUT2D eigenvalue weighted by Gasteiger charge is 2.14. The van der Waals surface area contributed by atoms with E-state index in [0.717, 1.165) is 30.1 Å². The minimum atomic E-state index is 0.504. The second kappa shape index (κ2) is 9.30. The van der Waals surface area contributed by atoms with Crippen LogP contribution in [0, 0.1) is 6.92 Å². The number of morpholine rings is 1. The molecule has 3 aromatic rings. The number of azo groups is 1. The standard InChI is InChI=1S/C23H24N4O2/c1-18-6-5-7-19(14-18)17-24-26-22-15-20(27-10-12-28-13-11-27)16-23(25-22)29-21-8-3-2-4-9-21/h2-9,14-16H,10-13,17H2,1H3. The van der Waals surface area contributed by atoms with E-state index in [-0.39, 0.29) is 0 Å². The molecule has 4 rings (SSSR count). The number of nitrogens with zero attached hydrogens (tertiary/aromatic N) is 4. The first-order chi connectivity index (χ1) is 14.3. The maximum absolute atomic E-state index is 5.96. The van der Waals surface area contributed by atoms with Gasteiger partial charge in [0.1, 0.15) is 5.75 Å². The van der Waals surface area contributed by atoms with Gasteiger partial charge >= 0.3 is 0 Å². The van der Waals surface area contributed by atoms with Crippen molar-refractivity contribution in [1.82, 2.24) is 4.98 Å². The van der Waals surface area contributed by atoms with Crippen molar-refractivity contribution in [3.63, 3.8) is 0 Å². The molecule has 1 aliphatic rings. The van der Waals surface area contributed by atoms with Crippen molar-refractivity contribution in [2.45, 2.75) is 13.5 Å². The minimum Gasteiger partial charge on any atom is -0.439 e. The van der Waals surface area contributed by atoms with Gasteiger partial charge in [-0.25, -0.2) is 0 Å². The molecule has 29 heavy (non-hydrogen) atoms. The molecular formula is C23H24N4O2. The first-order valence-electron chi connectivity index (χ1n) is 9.77. The van der Waals surface area contributed by atoms with Gasteiger partial charge in [-0.15, -0.1) is 5.11 Å². The number of aromatic nitrogens is 1. The second-order valence-electron chi connectivity index (χ2n) is 6.92. The Labute approximate surface area is 170 Å². The average Bonchev–Trinajstić information content (AvgIpc) is 2.75. The van der Waals surface area contributed by atoms with Crippen molar-refractivity contribution in [2.75, 3.05) is 31.2 Å². The first kappa shape index (κ1) is 19.1. The van der Waals surface area contributed by atoms with Crippen LogP contribution in [0.25, 0.3) is 0 Å². The fraction of sp³-hybridized carbons (Fsp3) is 0.261. The number of pyridine rings is 1. The Morgan fingerprint density at radius 2 is 1.83 bits per heavy atom. The van der Waals surface area contributed by atoms with Gasteiger partial charge in [-0.05, 0) is 24.6 Å². The molecule has 0 unspecified atom stereocenters. The van der Waals surface area contributed by atoms with E-state index in [1.54, 1.807) is 0 Å². The van der Waals surface area contributed by atoms with E-state index < -0.39 is 0 Å². The third-order valence-electron chi connectivity index (χ3n) is 4.62. The minimum absolute atomic E-state index is 0.504. The second-order valence-corrected chi connectivity index (χ2v) is 6.92. The van der Waals surface area contributed by atoms with Crippen LogP contribution >= 0.6 is 0 Å². The summed E-state index contributed by atoms with van der Waals surface area (Å²) in [6.07, 6.45) is 0. The van der Waals surface area contributed by atoms with Crippen LogP contribution in [0.1, 0.15) is 11.1 Å². The maximum atomic E-state index is 5.96. The third kappa shape index (κ3) is 5.39. The molecular weight excluding hydrogens is 364 g/mol. The number of hydrogen-bond donors (Lipinski definition) is 0. The molecule has 0 atom stereocenters. The van der Waals surface area contributed by atoms with Crippen LogP contribution in [0.3, 0.4) is 0 Å². The molecule has 2 heterocycles. The van der Waals surface area contributed by atoms with Gasteiger partial charge in [-0.2, -0.15) is 10.1 Å². The first-order valence-corrected chi connectivity index (χ1v) is 9.77. The van der Waals surface area contributed by atoms with Gasteiger partial charge in [0.05, 0.1) is 19.8 Å². The number of ether oxygens (including phenoxy) is 2. The topological polar surface area (TPSA) is 59.3 Å². The Kier molecular flexibility index (Phi) is 6.12. The van der Waals surface area contributed by atoms with Crippen molar-refractivity contribution in [3.05, 3.63) is 77.9 Å². The van der Waals surface area contributed by atoms with Gasteiger partial charge in [0.2, 0.25) is 5.88 Å². The molecule has 1 aromatic heterocycles. The number of benzene rings is 2. The van der Waals surface area contributed by atoms with Crippen molar-refractivity contribution in [1.29, 1.82) is 0 Å². The van der Waals surface area contributed by atoms with E-state index in [9.17, 15) is 0 Å². The Morgan fingerprint density at radius 3 is 2.62 bits per heavy atom. The van der Waals surface area contributed by atoms with Crippen LogP contribution in [-0.4, -0.2) is 31.3 Å². The number of aryl methyl sites for hydroxylation is 1. The fourth-order valence-electron chi connectivity index (χ4n) is 3.19. The Hall–Kier alpha value is -3.25. The Morgan fingerprint density at radius 1 is 1.00 bits per heavy atom. The molecule has 0 saturated carbocycles. The summed E-state index contributed by atoms with van der Waals surface area (Å²) in [6.45, 7) is 5.66. The predicted octanol–water partition coefficient (Wildman–Crippen LogP) is 5.30. The van der Waals surface area contributed by atoms with Gasteiger partial charge in [0.25, 0.3) is 0 Å². The molecule has 0 amide bonds. The zero-order valence-electron chi connectivity index (χ0n) is 16.5. The third-order valence-corrected chi connectivity index (χ3v) is 4.62. The smallest absolute Gasteiger partial charge is 0.223 e. The van der Waals surface area contributed by atoms with Crippen LogP contribution in [0.4, 0.5) is 11.5 Å². The molecule has 0 aliphatic carbocycles. The highest BCUT2D eigenvalue weighted by atomic mass is 16.5. The molecule has 6 nitrogen and oxygen atoms in total. The Bertz CT molecular complexity index is 970. The van der Waals surface area contributed by atoms with Gasteiger partial charge < -0.3 is 14.4 Å². The molecule has 2 aromatic carbocycles. The lowest BCUT2D eigenvalue weighted by Crippen LogP contribution is -2.36. The lowest BCUT2D eigenvalue weighted by molar-refractivity contribution is 0.122. The molecule has 0 N–H and O–H groups in total. The van der Waals surface area contributed by atoms with Crippen molar-refractivity contribution in [3.8, 4) is 11.6 Å². The zero-order chi connectivity index (χ0) is 19.9. The van der Waals surface area contributed by atoms with E-state index in [0.29, 0.717) is 31.5 Å². The van der Waals surface area contributed by atoms with Gasteiger partial charge in [0, 0.05) is 30.9 Å². The molecule has 148 valence electrons. The summed E-state index contributed by atoms with van der Waals surface area (Å²) < 4.78 is 11.4. The lowest BCUT2D eigenvalue weighted by atomic mass is 10.1. The SMILES string of the molecule is Cc1cccc(CN=Nc2cc(N3CCOCC3)cc(Oc3ccccc3)n2)c1. The van der Waals surface area contributed by atoms with Crippen LogP contribution < -0.4 is 9.64 Å². The summed E-state index contributed by atoms with van der Waals surface area (Å²) in [6, 6.07) is 21.8. The van der Waals surface area contributed by atoms with Crippen LogP contribution in [0.15, 0.2) is 77.0 Å². The number of anilines is 1. The predicted molar refractivity (Wildman–Crippen MR) is 113 cm³/mol. The molecule has 1 aliphatic heterocycles. The van der Waals surface area contributed by atoms with E-state index in [1.807, 2.05) is 54.6 Å². The van der Waals surface area contributed by atoms with Crippen molar-refractivity contribution in [2.24, 2.45) is 10.2 Å². The normalized spacial score (nSPS) is 14.3. The number of hydrogen-bond acceptors (Lipinski definition) is 6. The van der Waals surface area contributed by atoms with E-state index >= 15 is 0 Å². The quantitative estimate of drug-likeness (QED) is 0.538.